The maximum Gasteiger partial charge on any atom is 0.248 e. The molecule has 1 atom stereocenters. The minimum Gasteiger partial charge on any atom is -0.376 e. The summed E-state index contributed by atoms with van der Waals surface area (Å²) in [5.74, 6) is 0.120. The smallest absolute Gasteiger partial charge is 0.248 e. The fourth-order valence-electron chi connectivity index (χ4n) is 3.17. The molecule has 18 heavy (non-hydrogen) atoms. The Labute approximate surface area is 108 Å². The van der Waals surface area contributed by atoms with Crippen LogP contribution in [0.4, 0.5) is 0 Å². The van der Waals surface area contributed by atoms with Crippen LogP contribution in [0.25, 0.3) is 0 Å². The van der Waals surface area contributed by atoms with E-state index in [2.05, 4.69) is 5.32 Å². The van der Waals surface area contributed by atoms with Crippen LogP contribution < -0.4 is 5.32 Å². The Bertz CT molecular complexity index is 309. The number of rotatable bonds is 2. The van der Waals surface area contributed by atoms with Gasteiger partial charge in [0.15, 0.2) is 0 Å². The molecular formula is C13H22N2O3. The molecule has 3 aliphatic heterocycles. The minimum atomic E-state index is -0.0994. The van der Waals surface area contributed by atoms with Crippen LogP contribution >= 0.6 is 0 Å². The second-order valence-corrected chi connectivity index (χ2v) is 5.63. The van der Waals surface area contributed by atoms with Crippen molar-refractivity contribution in [3.8, 4) is 0 Å². The molecule has 3 aliphatic rings. The van der Waals surface area contributed by atoms with E-state index in [0.29, 0.717) is 0 Å². The predicted molar refractivity (Wildman–Crippen MR) is 66.3 cm³/mol. The summed E-state index contributed by atoms with van der Waals surface area (Å²) in [4.78, 5) is 13.9. The highest BCUT2D eigenvalue weighted by Gasteiger charge is 2.41. The zero-order chi connectivity index (χ0) is 12.4. The van der Waals surface area contributed by atoms with Crippen LogP contribution in [-0.2, 0) is 14.3 Å². The number of nitrogens with one attached hydrogen (secondary N) is 1. The van der Waals surface area contributed by atoms with Crippen LogP contribution in [0.15, 0.2) is 0 Å². The molecule has 0 aromatic heterocycles. The van der Waals surface area contributed by atoms with E-state index in [9.17, 15) is 4.79 Å². The van der Waals surface area contributed by atoms with E-state index in [1.165, 1.54) is 0 Å². The van der Waals surface area contributed by atoms with Gasteiger partial charge in [0.25, 0.3) is 0 Å². The Balaban J connectivity index is 1.62. The molecule has 1 N–H and O–H groups in total. The van der Waals surface area contributed by atoms with E-state index >= 15 is 0 Å². The highest BCUT2D eigenvalue weighted by Crippen LogP contribution is 2.28. The lowest BCUT2D eigenvalue weighted by atomic mass is 9.90. The van der Waals surface area contributed by atoms with Crippen molar-refractivity contribution < 1.29 is 14.3 Å². The Morgan fingerprint density at radius 3 is 2.94 bits per heavy atom. The first-order valence-electron chi connectivity index (χ1n) is 7.02. The largest absolute Gasteiger partial charge is 0.376 e. The SMILES string of the molecule is O=C1COC2(CCNCC2)CN1C[C@H]1CCCO1. The first-order valence-corrected chi connectivity index (χ1v) is 7.02. The van der Waals surface area contributed by atoms with Crippen molar-refractivity contribution in [3.05, 3.63) is 0 Å². The number of carbonyl (C=O) groups excluding carboxylic acids is 1. The molecule has 5 heteroatoms. The molecule has 1 amide bonds. The maximum atomic E-state index is 11.9. The summed E-state index contributed by atoms with van der Waals surface area (Å²) in [5, 5.41) is 3.35. The van der Waals surface area contributed by atoms with Crippen LogP contribution in [-0.4, -0.2) is 61.9 Å². The third-order valence-corrected chi connectivity index (χ3v) is 4.30. The fraction of sp³-hybridized carbons (Fsp3) is 0.923. The number of amides is 1. The van der Waals surface area contributed by atoms with Crippen molar-refractivity contribution >= 4 is 5.91 Å². The Kier molecular flexibility index (Phi) is 3.54. The number of ether oxygens (including phenoxy) is 2. The van der Waals surface area contributed by atoms with Gasteiger partial charge in [0, 0.05) is 19.7 Å². The third kappa shape index (κ3) is 2.53. The Hall–Kier alpha value is -0.650. The summed E-state index contributed by atoms with van der Waals surface area (Å²) in [6, 6.07) is 0. The normalized spacial score (nSPS) is 32.1. The van der Waals surface area contributed by atoms with E-state index in [4.69, 9.17) is 9.47 Å². The summed E-state index contributed by atoms with van der Waals surface area (Å²) in [6.45, 7) is 4.56. The zero-order valence-electron chi connectivity index (χ0n) is 10.8. The van der Waals surface area contributed by atoms with Gasteiger partial charge in [-0.1, -0.05) is 0 Å². The van der Waals surface area contributed by atoms with E-state index in [0.717, 1.165) is 58.5 Å². The van der Waals surface area contributed by atoms with Crippen molar-refractivity contribution in [1.29, 1.82) is 0 Å². The number of nitrogens with zero attached hydrogens (tertiary/aromatic N) is 1. The number of morpholine rings is 1. The van der Waals surface area contributed by atoms with E-state index in [-0.39, 0.29) is 24.2 Å². The standard InChI is InChI=1S/C13H22N2O3/c16-12-9-18-13(3-5-14-6-4-13)10-15(12)8-11-2-1-7-17-11/h11,14H,1-10H2/t11-/m1/s1. The van der Waals surface area contributed by atoms with Gasteiger partial charge in [-0.25, -0.2) is 0 Å². The van der Waals surface area contributed by atoms with Crippen LogP contribution in [0.2, 0.25) is 0 Å². The zero-order valence-corrected chi connectivity index (χ0v) is 10.8. The molecule has 0 aromatic carbocycles. The van der Waals surface area contributed by atoms with Gasteiger partial charge in [0.05, 0.1) is 11.7 Å². The van der Waals surface area contributed by atoms with Crippen molar-refractivity contribution in [2.24, 2.45) is 0 Å². The lowest BCUT2D eigenvalue weighted by Crippen LogP contribution is -2.59. The summed E-state index contributed by atoms with van der Waals surface area (Å²) in [6.07, 6.45) is 4.45. The van der Waals surface area contributed by atoms with Crippen LogP contribution in [0.1, 0.15) is 25.7 Å². The van der Waals surface area contributed by atoms with Gasteiger partial charge in [-0.15, -0.1) is 0 Å². The maximum absolute atomic E-state index is 11.9. The number of hydrogen-bond acceptors (Lipinski definition) is 4. The molecule has 0 radical (unpaired) electrons. The van der Waals surface area contributed by atoms with Crippen LogP contribution in [0.3, 0.4) is 0 Å². The molecule has 3 heterocycles. The molecule has 3 rings (SSSR count). The molecule has 0 aliphatic carbocycles. The van der Waals surface area contributed by atoms with Gasteiger partial charge < -0.3 is 19.7 Å². The highest BCUT2D eigenvalue weighted by molar-refractivity contribution is 5.78. The lowest BCUT2D eigenvalue weighted by molar-refractivity contribution is -0.170. The van der Waals surface area contributed by atoms with Crippen LogP contribution in [0.5, 0.6) is 0 Å². The van der Waals surface area contributed by atoms with E-state index in [1.807, 2.05) is 4.90 Å². The number of carbonyl (C=O) groups is 1. The molecule has 0 saturated carbocycles. The molecule has 0 aromatic rings. The Morgan fingerprint density at radius 2 is 2.22 bits per heavy atom. The van der Waals surface area contributed by atoms with Gasteiger partial charge in [-0.3, -0.25) is 4.79 Å². The molecular weight excluding hydrogens is 232 g/mol. The molecule has 3 fully saturated rings. The molecule has 3 saturated heterocycles. The summed E-state index contributed by atoms with van der Waals surface area (Å²) >= 11 is 0. The quantitative estimate of drug-likeness (QED) is 0.762. The Morgan fingerprint density at radius 1 is 1.39 bits per heavy atom. The van der Waals surface area contributed by atoms with E-state index < -0.39 is 0 Å². The molecule has 1 spiro atoms. The second kappa shape index (κ2) is 5.15. The first-order chi connectivity index (χ1) is 8.77. The van der Waals surface area contributed by atoms with Crippen molar-refractivity contribution in [2.45, 2.75) is 37.4 Å². The monoisotopic (exact) mass is 254 g/mol. The third-order valence-electron chi connectivity index (χ3n) is 4.30. The van der Waals surface area contributed by atoms with Gasteiger partial charge >= 0.3 is 0 Å². The lowest BCUT2D eigenvalue weighted by Gasteiger charge is -2.45. The topological polar surface area (TPSA) is 50.8 Å². The number of piperidine rings is 1. The summed E-state index contributed by atoms with van der Waals surface area (Å²) < 4.78 is 11.5. The predicted octanol–water partition coefficient (Wildman–Crippen LogP) is 0.146. The first kappa shape index (κ1) is 12.4. The minimum absolute atomic E-state index is 0.0994. The molecule has 0 unspecified atom stereocenters. The van der Waals surface area contributed by atoms with Crippen molar-refractivity contribution in [3.63, 3.8) is 0 Å². The average molecular weight is 254 g/mol. The number of hydrogen-bond donors (Lipinski definition) is 1. The van der Waals surface area contributed by atoms with Gasteiger partial charge in [0.2, 0.25) is 5.91 Å². The average Bonchev–Trinajstić information content (AvgIpc) is 2.88. The molecule has 0 bridgehead atoms. The van der Waals surface area contributed by atoms with E-state index in [1.54, 1.807) is 0 Å². The fourth-order valence-corrected chi connectivity index (χ4v) is 3.17. The van der Waals surface area contributed by atoms with Gasteiger partial charge in [0.1, 0.15) is 6.61 Å². The molecule has 5 nitrogen and oxygen atoms in total. The summed E-state index contributed by atoms with van der Waals surface area (Å²) in [5.41, 5.74) is -0.0994. The summed E-state index contributed by atoms with van der Waals surface area (Å²) in [7, 11) is 0. The highest BCUT2D eigenvalue weighted by atomic mass is 16.5. The van der Waals surface area contributed by atoms with Crippen molar-refractivity contribution in [2.75, 3.05) is 39.4 Å². The van der Waals surface area contributed by atoms with Crippen LogP contribution in [0, 0.1) is 0 Å². The van der Waals surface area contributed by atoms with Gasteiger partial charge in [-0.2, -0.15) is 0 Å². The van der Waals surface area contributed by atoms with Gasteiger partial charge in [-0.05, 0) is 38.8 Å². The molecule has 102 valence electrons. The van der Waals surface area contributed by atoms with Crippen molar-refractivity contribution in [1.82, 2.24) is 10.2 Å². The second-order valence-electron chi connectivity index (χ2n) is 5.63.